The molecule has 0 aliphatic carbocycles. The summed E-state index contributed by atoms with van der Waals surface area (Å²) < 4.78 is 49.7. The van der Waals surface area contributed by atoms with E-state index in [-0.39, 0.29) is 24.8 Å². The minimum atomic E-state index is -4.41. The van der Waals surface area contributed by atoms with Gasteiger partial charge in [-0.25, -0.2) is 4.98 Å². The molecule has 0 fully saturated rings. The minimum Gasteiger partial charge on any atom is -0.487 e. The molecule has 1 N–H and O–H groups in total. The molecule has 0 spiro atoms. The van der Waals surface area contributed by atoms with Gasteiger partial charge in [-0.2, -0.15) is 13.2 Å². The van der Waals surface area contributed by atoms with E-state index in [1.54, 1.807) is 31.2 Å². The Morgan fingerprint density at radius 1 is 1.09 bits per heavy atom. The molecular weight excluding hydrogens is 447 g/mol. The number of carbonyl (C=O) groups is 1. The Labute approximate surface area is 195 Å². The summed E-state index contributed by atoms with van der Waals surface area (Å²) in [6.07, 6.45) is -4.50. The summed E-state index contributed by atoms with van der Waals surface area (Å²) in [4.78, 5) is 15.5. The molecule has 1 atom stereocenters. The van der Waals surface area contributed by atoms with Gasteiger partial charge in [0.15, 0.2) is 0 Å². The highest BCUT2D eigenvalue weighted by molar-refractivity contribution is 5.69. The molecule has 1 heterocycles. The highest BCUT2D eigenvalue weighted by Crippen LogP contribution is 2.31. The summed E-state index contributed by atoms with van der Waals surface area (Å²) in [7, 11) is 0. The van der Waals surface area contributed by atoms with Crippen molar-refractivity contribution in [3.63, 3.8) is 0 Å². The highest BCUT2D eigenvalue weighted by atomic mass is 19.4. The number of aromatic nitrogens is 1. The van der Waals surface area contributed by atoms with Gasteiger partial charge in [-0.1, -0.05) is 37.8 Å². The van der Waals surface area contributed by atoms with Crippen LogP contribution in [-0.2, 0) is 17.6 Å². The van der Waals surface area contributed by atoms with Crippen molar-refractivity contribution in [2.45, 2.75) is 45.9 Å². The first kappa shape index (κ1) is 24.9. The Hall–Kier alpha value is -3.73. The molecule has 5 nitrogen and oxygen atoms in total. The van der Waals surface area contributed by atoms with E-state index in [4.69, 9.17) is 9.15 Å². The fraction of sp³-hybridized carbons (Fsp3) is 0.308. The molecule has 0 radical (unpaired) electrons. The van der Waals surface area contributed by atoms with Crippen molar-refractivity contribution in [2.75, 3.05) is 0 Å². The van der Waals surface area contributed by atoms with Gasteiger partial charge in [0.2, 0.25) is 5.89 Å². The van der Waals surface area contributed by atoms with E-state index in [1.807, 2.05) is 13.8 Å². The van der Waals surface area contributed by atoms with Crippen molar-refractivity contribution in [1.82, 2.24) is 4.98 Å². The van der Waals surface area contributed by atoms with Crippen LogP contribution in [0.3, 0.4) is 0 Å². The third-order valence-electron chi connectivity index (χ3n) is 4.93. The van der Waals surface area contributed by atoms with Gasteiger partial charge in [0.05, 0.1) is 17.9 Å². The van der Waals surface area contributed by atoms with Crippen molar-refractivity contribution in [3.8, 4) is 29.0 Å². The smallest absolute Gasteiger partial charge is 0.416 e. The molecule has 0 bridgehead atoms. The fourth-order valence-corrected chi connectivity index (χ4v) is 3.13. The number of alkyl halides is 3. The molecule has 0 saturated heterocycles. The van der Waals surface area contributed by atoms with E-state index in [9.17, 15) is 23.1 Å². The summed E-state index contributed by atoms with van der Waals surface area (Å²) in [5.41, 5.74) is 0.988. The molecule has 0 saturated carbocycles. The largest absolute Gasteiger partial charge is 0.487 e. The number of ether oxygens (including phenoxy) is 1. The number of benzene rings is 2. The standard InChI is InChI=1S/C26H24F3NO4/c1-16(2)4-5-20(14-24(31)32)18-8-12-22(13-9-18)33-15-23-17(3)34-25(30-23)19-6-10-21(11-7-19)26(27,28)29/h6-13,16,20H,14-15H2,1-3H3,(H,31,32)/t20-/m0/s1. The molecule has 3 aromatic rings. The SMILES string of the molecule is Cc1oc(-c2ccc(C(F)(F)F)cc2)nc1COc1ccc([C@@H](C#CC(C)C)CC(=O)O)cc1. The van der Waals surface area contributed by atoms with Crippen LogP contribution in [0.15, 0.2) is 52.9 Å². The van der Waals surface area contributed by atoms with E-state index in [0.717, 1.165) is 17.7 Å². The number of oxazole rings is 1. The van der Waals surface area contributed by atoms with Gasteiger partial charge in [-0.3, -0.25) is 4.79 Å². The Morgan fingerprint density at radius 2 is 1.74 bits per heavy atom. The van der Waals surface area contributed by atoms with Crippen LogP contribution in [0.1, 0.15) is 48.8 Å². The molecule has 0 unspecified atom stereocenters. The summed E-state index contributed by atoms with van der Waals surface area (Å²) in [5.74, 6) is 6.10. The number of carboxylic acids is 1. The lowest BCUT2D eigenvalue weighted by molar-refractivity contribution is -0.138. The third kappa shape index (κ3) is 6.64. The quantitative estimate of drug-likeness (QED) is 0.400. The average Bonchev–Trinajstić information content (AvgIpc) is 3.15. The van der Waals surface area contributed by atoms with Crippen LogP contribution >= 0.6 is 0 Å². The van der Waals surface area contributed by atoms with Crippen molar-refractivity contribution in [2.24, 2.45) is 5.92 Å². The second kappa shape index (κ2) is 10.5. The molecule has 1 aromatic heterocycles. The maximum absolute atomic E-state index is 12.8. The van der Waals surface area contributed by atoms with Crippen LogP contribution in [0.4, 0.5) is 13.2 Å². The van der Waals surface area contributed by atoms with E-state index in [1.165, 1.54) is 12.1 Å². The topological polar surface area (TPSA) is 72.6 Å². The van der Waals surface area contributed by atoms with Crippen LogP contribution in [0.2, 0.25) is 0 Å². The third-order valence-corrected chi connectivity index (χ3v) is 4.93. The first-order chi connectivity index (χ1) is 16.0. The lowest BCUT2D eigenvalue weighted by Crippen LogP contribution is -2.05. The minimum absolute atomic E-state index is 0.0925. The highest BCUT2D eigenvalue weighted by Gasteiger charge is 2.30. The molecule has 8 heteroatoms. The predicted molar refractivity (Wildman–Crippen MR) is 120 cm³/mol. The first-order valence-electron chi connectivity index (χ1n) is 10.6. The molecule has 0 aliphatic rings. The number of carboxylic acid groups (broad SMARTS) is 1. The lowest BCUT2D eigenvalue weighted by atomic mass is 9.95. The number of halogens is 3. The lowest BCUT2D eigenvalue weighted by Gasteiger charge is -2.10. The van der Waals surface area contributed by atoms with Gasteiger partial charge in [0.1, 0.15) is 23.8 Å². The fourth-order valence-electron chi connectivity index (χ4n) is 3.13. The normalized spacial score (nSPS) is 12.2. The Kier molecular flexibility index (Phi) is 7.67. The van der Waals surface area contributed by atoms with Crippen LogP contribution < -0.4 is 4.74 Å². The van der Waals surface area contributed by atoms with Crippen molar-refractivity contribution in [3.05, 3.63) is 71.1 Å². The van der Waals surface area contributed by atoms with Crippen molar-refractivity contribution >= 4 is 5.97 Å². The predicted octanol–water partition coefficient (Wildman–Crippen LogP) is 6.47. The van der Waals surface area contributed by atoms with Crippen molar-refractivity contribution < 1.29 is 32.2 Å². The van der Waals surface area contributed by atoms with E-state index >= 15 is 0 Å². The van der Waals surface area contributed by atoms with Crippen molar-refractivity contribution in [1.29, 1.82) is 0 Å². The van der Waals surface area contributed by atoms with Gasteiger partial charge in [0, 0.05) is 11.5 Å². The monoisotopic (exact) mass is 471 g/mol. The van der Waals surface area contributed by atoms with Gasteiger partial charge >= 0.3 is 12.1 Å². The summed E-state index contributed by atoms with van der Waals surface area (Å²) >= 11 is 0. The number of hydrogen-bond acceptors (Lipinski definition) is 4. The molecule has 3 rings (SSSR count). The molecular formula is C26H24F3NO4. The van der Waals surface area contributed by atoms with E-state index in [0.29, 0.717) is 22.8 Å². The number of aliphatic carboxylic acids is 1. The molecule has 0 aliphatic heterocycles. The van der Waals surface area contributed by atoms with E-state index in [2.05, 4.69) is 16.8 Å². The zero-order valence-corrected chi connectivity index (χ0v) is 18.9. The zero-order valence-electron chi connectivity index (χ0n) is 18.9. The number of nitrogens with zero attached hydrogens (tertiary/aromatic N) is 1. The van der Waals surface area contributed by atoms with Gasteiger partial charge in [0.25, 0.3) is 0 Å². The number of hydrogen-bond donors (Lipinski definition) is 1. The van der Waals surface area contributed by atoms with Gasteiger partial charge < -0.3 is 14.3 Å². The number of rotatable bonds is 7. The zero-order chi connectivity index (χ0) is 24.9. The Bertz CT molecular complexity index is 1180. The maximum atomic E-state index is 12.8. The molecule has 0 amide bonds. The van der Waals surface area contributed by atoms with E-state index < -0.39 is 23.6 Å². The van der Waals surface area contributed by atoms with Crippen LogP contribution in [0.25, 0.3) is 11.5 Å². The first-order valence-corrected chi connectivity index (χ1v) is 10.6. The second-order valence-corrected chi connectivity index (χ2v) is 8.05. The summed E-state index contributed by atoms with van der Waals surface area (Å²) in [6, 6.07) is 11.6. The summed E-state index contributed by atoms with van der Waals surface area (Å²) in [6.45, 7) is 5.68. The Morgan fingerprint density at radius 3 is 2.29 bits per heavy atom. The van der Waals surface area contributed by atoms with Crippen LogP contribution in [0.5, 0.6) is 5.75 Å². The summed E-state index contributed by atoms with van der Waals surface area (Å²) in [5, 5.41) is 9.18. The van der Waals surface area contributed by atoms with Crippen LogP contribution in [-0.4, -0.2) is 16.1 Å². The molecule has 2 aromatic carbocycles. The Balaban J connectivity index is 1.68. The maximum Gasteiger partial charge on any atom is 0.416 e. The second-order valence-electron chi connectivity index (χ2n) is 8.05. The van der Waals surface area contributed by atoms with Gasteiger partial charge in [-0.05, 0) is 48.9 Å². The van der Waals surface area contributed by atoms with Crippen LogP contribution in [0, 0.1) is 24.7 Å². The molecule has 34 heavy (non-hydrogen) atoms. The average molecular weight is 471 g/mol. The number of aryl methyl sites for hydroxylation is 1. The molecule has 178 valence electrons. The van der Waals surface area contributed by atoms with Gasteiger partial charge in [-0.15, -0.1) is 0 Å².